The fourth-order valence-corrected chi connectivity index (χ4v) is 4.17. The zero-order valence-corrected chi connectivity index (χ0v) is 16.1. The first-order chi connectivity index (χ1) is 13.7. The minimum absolute atomic E-state index is 0.637. The molecule has 4 heteroatoms. The van der Waals surface area contributed by atoms with Gasteiger partial charge in [0.2, 0.25) is 0 Å². The van der Waals surface area contributed by atoms with Crippen LogP contribution in [0.4, 0.5) is 0 Å². The summed E-state index contributed by atoms with van der Waals surface area (Å²) < 4.78 is 0. The van der Waals surface area contributed by atoms with Crippen molar-refractivity contribution >= 4 is 12.0 Å². The molecular weight excluding hydrogens is 348 g/mol. The van der Waals surface area contributed by atoms with Crippen LogP contribution in [0.15, 0.2) is 60.7 Å². The molecule has 1 heterocycles. The first-order valence-corrected chi connectivity index (χ1v) is 10.2. The summed E-state index contributed by atoms with van der Waals surface area (Å²) in [6.07, 6.45) is 6.49. The highest BCUT2D eigenvalue weighted by Gasteiger charge is 2.39. The molecule has 1 saturated carbocycles. The van der Waals surface area contributed by atoms with E-state index in [1.165, 1.54) is 36.5 Å². The number of hydrogen-bond acceptors (Lipinski definition) is 3. The monoisotopic (exact) mass is 376 g/mol. The fourth-order valence-electron chi connectivity index (χ4n) is 4.17. The van der Waals surface area contributed by atoms with Crippen molar-refractivity contribution in [2.75, 3.05) is 13.1 Å². The highest BCUT2D eigenvalue weighted by atomic mass is 16.4. The summed E-state index contributed by atoms with van der Waals surface area (Å²) in [6, 6.07) is 20.3. The van der Waals surface area contributed by atoms with E-state index in [1.807, 2.05) is 12.1 Å². The standard InChI is InChI=1S/C24H28N2O2/c27-24(28)11-10-18-6-8-19(9-7-18)17-26-14-12-21(13-15-26)25-23-16-22(23)20-4-2-1-3-5-20/h1-11,21-23,25H,12-17H2,(H,27,28). The van der Waals surface area contributed by atoms with Gasteiger partial charge in [-0.25, -0.2) is 4.79 Å². The Hall–Kier alpha value is -2.43. The van der Waals surface area contributed by atoms with Crippen LogP contribution >= 0.6 is 0 Å². The SMILES string of the molecule is O=C(O)C=Cc1ccc(CN2CCC(NC3CC3c3ccccc3)CC2)cc1. The molecule has 2 fully saturated rings. The van der Waals surface area contributed by atoms with Crippen LogP contribution in [-0.4, -0.2) is 41.1 Å². The van der Waals surface area contributed by atoms with E-state index in [-0.39, 0.29) is 0 Å². The molecular formula is C24H28N2O2. The van der Waals surface area contributed by atoms with Crippen molar-refractivity contribution in [2.24, 2.45) is 0 Å². The Morgan fingerprint density at radius 3 is 2.46 bits per heavy atom. The molecule has 2 aromatic rings. The number of hydrogen-bond donors (Lipinski definition) is 2. The number of carbonyl (C=O) groups is 1. The Bertz CT molecular complexity index is 808. The van der Waals surface area contributed by atoms with Gasteiger partial charge in [0.05, 0.1) is 0 Å². The van der Waals surface area contributed by atoms with Gasteiger partial charge in [-0.05, 0) is 55.1 Å². The van der Waals surface area contributed by atoms with Crippen molar-refractivity contribution in [3.63, 3.8) is 0 Å². The van der Waals surface area contributed by atoms with Crippen molar-refractivity contribution in [3.05, 3.63) is 77.4 Å². The van der Waals surface area contributed by atoms with Crippen molar-refractivity contribution in [1.29, 1.82) is 0 Å². The predicted octanol–water partition coefficient (Wildman–Crippen LogP) is 3.89. The number of carboxylic acids is 1. The smallest absolute Gasteiger partial charge is 0.328 e. The first-order valence-electron chi connectivity index (χ1n) is 10.2. The summed E-state index contributed by atoms with van der Waals surface area (Å²) in [4.78, 5) is 13.1. The van der Waals surface area contributed by atoms with Crippen molar-refractivity contribution in [1.82, 2.24) is 10.2 Å². The van der Waals surface area contributed by atoms with E-state index in [0.717, 1.165) is 25.2 Å². The topological polar surface area (TPSA) is 52.6 Å². The molecule has 2 N–H and O–H groups in total. The van der Waals surface area contributed by atoms with Gasteiger partial charge in [-0.3, -0.25) is 4.90 Å². The third-order valence-corrected chi connectivity index (χ3v) is 5.86. The number of carboxylic acid groups (broad SMARTS) is 1. The molecule has 2 atom stereocenters. The lowest BCUT2D eigenvalue weighted by Crippen LogP contribution is -2.43. The Kier molecular flexibility index (Phi) is 5.89. The number of nitrogens with zero attached hydrogens (tertiary/aromatic N) is 1. The van der Waals surface area contributed by atoms with E-state index in [4.69, 9.17) is 5.11 Å². The average Bonchev–Trinajstić information content (AvgIpc) is 3.49. The number of benzene rings is 2. The summed E-state index contributed by atoms with van der Waals surface area (Å²) in [5, 5.41) is 12.6. The van der Waals surface area contributed by atoms with E-state index in [2.05, 4.69) is 52.7 Å². The van der Waals surface area contributed by atoms with Gasteiger partial charge in [0.1, 0.15) is 0 Å². The molecule has 0 amide bonds. The maximum atomic E-state index is 10.6. The van der Waals surface area contributed by atoms with Crippen LogP contribution in [-0.2, 0) is 11.3 Å². The fraction of sp³-hybridized carbons (Fsp3) is 0.375. The van der Waals surface area contributed by atoms with Crippen LogP contribution in [0.3, 0.4) is 0 Å². The molecule has 0 spiro atoms. The Balaban J connectivity index is 1.20. The molecule has 28 heavy (non-hydrogen) atoms. The summed E-state index contributed by atoms with van der Waals surface area (Å²) in [7, 11) is 0. The van der Waals surface area contributed by atoms with Crippen LogP contribution in [0.25, 0.3) is 6.08 Å². The van der Waals surface area contributed by atoms with Crippen molar-refractivity contribution in [3.8, 4) is 0 Å². The van der Waals surface area contributed by atoms with E-state index < -0.39 is 5.97 Å². The molecule has 146 valence electrons. The normalized spacial score (nSPS) is 23.1. The number of piperidine rings is 1. The number of nitrogens with one attached hydrogen (secondary N) is 1. The molecule has 2 unspecified atom stereocenters. The quantitative estimate of drug-likeness (QED) is 0.720. The van der Waals surface area contributed by atoms with E-state index in [9.17, 15) is 4.79 Å². The van der Waals surface area contributed by atoms with Crippen molar-refractivity contribution in [2.45, 2.75) is 43.8 Å². The second-order valence-electron chi connectivity index (χ2n) is 7.99. The third-order valence-electron chi connectivity index (χ3n) is 5.86. The maximum Gasteiger partial charge on any atom is 0.328 e. The van der Waals surface area contributed by atoms with Gasteiger partial charge in [0.25, 0.3) is 0 Å². The van der Waals surface area contributed by atoms with Crippen LogP contribution < -0.4 is 5.32 Å². The average molecular weight is 377 g/mol. The van der Waals surface area contributed by atoms with E-state index >= 15 is 0 Å². The zero-order chi connectivity index (χ0) is 19.3. The van der Waals surface area contributed by atoms with Crippen LogP contribution in [0, 0.1) is 0 Å². The minimum Gasteiger partial charge on any atom is -0.478 e. The molecule has 1 aliphatic carbocycles. The third kappa shape index (κ3) is 5.09. The molecule has 1 aliphatic heterocycles. The lowest BCUT2D eigenvalue weighted by Gasteiger charge is -2.32. The molecule has 2 aromatic carbocycles. The molecule has 4 rings (SSSR count). The van der Waals surface area contributed by atoms with Gasteiger partial charge >= 0.3 is 5.97 Å². The second-order valence-corrected chi connectivity index (χ2v) is 7.99. The molecule has 1 saturated heterocycles. The first kappa shape index (κ1) is 18.9. The van der Waals surface area contributed by atoms with Crippen LogP contribution in [0.5, 0.6) is 0 Å². The van der Waals surface area contributed by atoms with Crippen LogP contribution in [0.1, 0.15) is 41.9 Å². The molecule has 0 bridgehead atoms. The Morgan fingerprint density at radius 2 is 1.79 bits per heavy atom. The Labute approximate surface area is 166 Å². The second kappa shape index (κ2) is 8.72. The number of rotatable bonds is 7. The Morgan fingerprint density at radius 1 is 1.07 bits per heavy atom. The largest absolute Gasteiger partial charge is 0.478 e. The van der Waals surface area contributed by atoms with Gasteiger partial charge in [-0.15, -0.1) is 0 Å². The molecule has 4 nitrogen and oxygen atoms in total. The maximum absolute atomic E-state index is 10.6. The summed E-state index contributed by atoms with van der Waals surface area (Å²) in [5.74, 6) is -0.213. The van der Waals surface area contributed by atoms with E-state index in [0.29, 0.717) is 18.0 Å². The molecule has 2 aliphatic rings. The van der Waals surface area contributed by atoms with Gasteiger partial charge in [0, 0.05) is 30.6 Å². The number of likely N-dealkylation sites (tertiary alicyclic amines) is 1. The lowest BCUT2D eigenvalue weighted by atomic mass is 10.0. The van der Waals surface area contributed by atoms with Gasteiger partial charge in [-0.2, -0.15) is 0 Å². The summed E-state index contributed by atoms with van der Waals surface area (Å²) in [6.45, 7) is 3.22. The van der Waals surface area contributed by atoms with E-state index in [1.54, 1.807) is 6.08 Å². The highest BCUT2D eigenvalue weighted by molar-refractivity contribution is 5.85. The number of aliphatic carboxylic acids is 1. The zero-order valence-electron chi connectivity index (χ0n) is 16.1. The van der Waals surface area contributed by atoms with Crippen LogP contribution in [0.2, 0.25) is 0 Å². The van der Waals surface area contributed by atoms with Gasteiger partial charge < -0.3 is 10.4 Å². The minimum atomic E-state index is -0.915. The van der Waals surface area contributed by atoms with Crippen molar-refractivity contribution < 1.29 is 9.90 Å². The summed E-state index contributed by atoms with van der Waals surface area (Å²) >= 11 is 0. The lowest BCUT2D eigenvalue weighted by molar-refractivity contribution is -0.131. The van der Waals surface area contributed by atoms with Gasteiger partial charge in [-0.1, -0.05) is 54.6 Å². The predicted molar refractivity (Wildman–Crippen MR) is 112 cm³/mol. The molecule has 0 aromatic heterocycles. The molecule has 0 radical (unpaired) electrons. The highest BCUT2D eigenvalue weighted by Crippen LogP contribution is 2.41. The summed E-state index contributed by atoms with van der Waals surface area (Å²) in [5.41, 5.74) is 3.68. The van der Waals surface area contributed by atoms with Gasteiger partial charge in [0.15, 0.2) is 0 Å².